The van der Waals surface area contributed by atoms with Crippen molar-refractivity contribution >= 4 is 68.0 Å². The minimum Gasteiger partial charge on any atom is -0.495 e. The molecular formula is C28H30Cl2N6O3S. The zero-order valence-electron chi connectivity index (χ0n) is 22.3. The lowest BCUT2D eigenvalue weighted by molar-refractivity contribution is 0.0862. The van der Waals surface area contributed by atoms with Crippen LogP contribution in [0.25, 0.3) is 10.2 Å². The Morgan fingerprint density at radius 1 is 1.12 bits per heavy atom. The van der Waals surface area contributed by atoms with Crippen molar-refractivity contribution in [1.82, 2.24) is 19.9 Å². The third-order valence-corrected chi connectivity index (χ3v) is 8.58. The molecule has 0 unspecified atom stereocenters. The van der Waals surface area contributed by atoms with E-state index < -0.39 is 5.91 Å². The Labute approximate surface area is 246 Å². The van der Waals surface area contributed by atoms with Gasteiger partial charge in [-0.1, -0.05) is 35.7 Å². The molecule has 1 aliphatic heterocycles. The van der Waals surface area contributed by atoms with Gasteiger partial charge in [-0.2, -0.15) is 0 Å². The van der Waals surface area contributed by atoms with Gasteiger partial charge < -0.3 is 25.0 Å². The van der Waals surface area contributed by atoms with Crippen molar-refractivity contribution in [2.75, 3.05) is 44.0 Å². The van der Waals surface area contributed by atoms with Gasteiger partial charge in [-0.05, 0) is 56.1 Å². The van der Waals surface area contributed by atoms with E-state index in [-0.39, 0.29) is 10.7 Å². The first-order chi connectivity index (χ1) is 19.4. The number of fused-ring (bicyclic) bond motifs is 1. The van der Waals surface area contributed by atoms with E-state index in [1.54, 1.807) is 17.6 Å². The Kier molecular flexibility index (Phi) is 9.33. The van der Waals surface area contributed by atoms with Gasteiger partial charge in [0, 0.05) is 18.1 Å². The normalized spacial score (nSPS) is 13.9. The van der Waals surface area contributed by atoms with Crippen LogP contribution in [-0.4, -0.2) is 59.1 Å². The summed E-state index contributed by atoms with van der Waals surface area (Å²) in [5.41, 5.74) is 2.90. The van der Waals surface area contributed by atoms with Crippen molar-refractivity contribution in [1.29, 1.82) is 0 Å². The van der Waals surface area contributed by atoms with Crippen molar-refractivity contribution in [3.05, 3.63) is 62.8 Å². The second-order valence-electron chi connectivity index (χ2n) is 9.53. The predicted molar refractivity (Wildman–Crippen MR) is 161 cm³/mol. The molecular weight excluding hydrogens is 571 g/mol. The van der Waals surface area contributed by atoms with E-state index in [0.29, 0.717) is 46.7 Å². The maximum atomic E-state index is 13.2. The number of carbonyl (C=O) groups is 1. The first kappa shape index (κ1) is 28.5. The molecule has 1 saturated heterocycles. The molecule has 0 atom stereocenters. The van der Waals surface area contributed by atoms with Crippen molar-refractivity contribution in [3.8, 4) is 5.75 Å². The predicted octanol–water partition coefficient (Wildman–Crippen LogP) is 6.71. The van der Waals surface area contributed by atoms with E-state index in [1.165, 1.54) is 57.1 Å². The molecule has 5 rings (SSSR count). The third-order valence-electron chi connectivity index (χ3n) is 6.75. The van der Waals surface area contributed by atoms with Crippen LogP contribution in [0.5, 0.6) is 5.75 Å². The molecule has 0 spiro atoms. The Bertz CT molecular complexity index is 1490. The van der Waals surface area contributed by atoms with Crippen LogP contribution < -0.4 is 15.4 Å². The van der Waals surface area contributed by atoms with Gasteiger partial charge >= 0.3 is 0 Å². The van der Waals surface area contributed by atoms with Crippen LogP contribution in [0.2, 0.25) is 10.0 Å². The van der Waals surface area contributed by atoms with Gasteiger partial charge in [-0.3, -0.25) is 4.79 Å². The van der Waals surface area contributed by atoms with Crippen LogP contribution in [0.1, 0.15) is 40.7 Å². The highest BCUT2D eigenvalue weighted by atomic mass is 35.5. The van der Waals surface area contributed by atoms with Crippen molar-refractivity contribution < 1.29 is 14.3 Å². The monoisotopic (exact) mass is 600 g/mol. The first-order valence-electron chi connectivity index (χ1n) is 13.0. The van der Waals surface area contributed by atoms with Gasteiger partial charge in [0.2, 0.25) is 0 Å². The third kappa shape index (κ3) is 6.47. The molecule has 4 aromatic rings. The number of aryl methyl sites for hydroxylation is 1. The molecule has 2 N–H and O–H groups in total. The number of carbonyl (C=O) groups excluding carboxylic acids is 1. The van der Waals surface area contributed by atoms with Crippen LogP contribution in [0.15, 0.2) is 36.1 Å². The Hall–Kier alpha value is -3.02. The molecule has 4 heterocycles. The first-order valence-corrected chi connectivity index (χ1v) is 14.7. The minimum atomic E-state index is -0.393. The summed E-state index contributed by atoms with van der Waals surface area (Å²) in [6, 6.07) is 5.58. The van der Waals surface area contributed by atoms with Crippen LogP contribution in [0, 0.1) is 6.92 Å². The molecule has 1 aromatic carbocycles. The van der Waals surface area contributed by atoms with Crippen LogP contribution in [0.4, 0.5) is 17.3 Å². The maximum absolute atomic E-state index is 13.2. The van der Waals surface area contributed by atoms with Gasteiger partial charge in [-0.15, -0.1) is 11.3 Å². The standard InChI is InChI=1S/C28H30Cl2N6O3S/c1-17-12-20(38-2)23(30)25(22(17)29)35-28(37)19-15-40-26-24(19)32-16-33-27(26)34-21-7-6-18(13-31-21)14-39-11-10-36-8-4-3-5-9-36/h6-7,12-13,15-16H,3-5,8-11,14H2,1-2H3,(H,35,37)(H,31,32,33,34). The maximum Gasteiger partial charge on any atom is 0.258 e. The average Bonchev–Trinajstić information content (AvgIpc) is 3.42. The van der Waals surface area contributed by atoms with Crippen LogP contribution in [-0.2, 0) is 11.3 Å². The number of methoxy groups -OCH3 is 1. The topological polar surface area (TPSA) is 102 Å². The fourth-order valence-corrected chi connectivity index (χ4v) is 6.01. The summed E-state index contributed by atoms with van der Waals surface area (Å²) in [4.78, 5) is 28.9. The number of rotatable bonds is 10. The quantitative estimate of drug-likeness (QED) is 0.194. The number of hydrogen-bond donors (Lipinski definition) is 2. The number of anilines is 3. The highest BCUT2D eigenvalue weighted by Gasteiger charge is 2.21. The fourth-order valence-electron chi connectivity index (χ4n) is 4.55. The summed E-state index contributed by atoms with van der Waals surface area (Å²) in [7, 11) is 1.51. The molecule has 0 saturated carbocycles. The molecule has 9 nitrogen and oxygen atoms in total. The number of thiophene rings is 1. The summed E-state index contributed by atoms with van der Waals surface area (Å²) in [6.07, 6.45) is 7.10. The van der Waals surface area contributed by atoms with Gasteiger partial charge in [0.1, 0.15) is 22.9 Å². The van der Waals surface area contributed by atoms with Gasteiger partial charge in [0.25, 0.3) is 5.91 Å². The number of amides is 1. The van der Waals surface area contributed by atoms with E-state index in [2.05, 4.69) is 30.5 Å². The number of piperidine rings is 1. The minimum absolute atomic E-state index is 0.227. The second kappa shape index (κ2) is 13.1. The molecule has 3 aromatic heterocycles. The number of ether oxygens (including phenoxy) is 2. The van der Waals surface area contributed by atoms with Gasteiger partial charge in [0.05, 0.1) is 46.8 Å². The van der Waals surface area contributed by atoms with E-state index in [9.17, 15) is 4.79 Å². The zero-order chi connectivity index (χ0) is 28.1. The molecule has 12 heteroatoms. The summed E-state index contributed by atoms with van der Waals surface area (Å²) in [6.45, 7) is 6.35. The number of likely N-dealkylation sites (tertiary alicyclic amines) is 1. The number of nitrogens with one attached hydrogen (secondary N) is 2. The van der Waals surface area contributed by atoms with Gasteiger partial charge in [-0.25, -0.2) is 15.0 Å². The van der Waals surface area contributed by atoms with Crippen molar-refractivity contribution in [2.45, 2.75) is 32.8 Å². The molecule has 0 aliphatic carbocycles. The molecule has 1 aliphatic rings. The number of benzene rings is 1. The smallest absolute Gasteiger partial charge is 0.258 e. The lowest BCUT2D eigenvalue weighted by atomic mass is 10.1. The Morgan fingerprint density at radius 3 is 2.70 bits per heavy atom. The number of halogens is 2. The molecule has 1 fully saturated rings. The number of aromatic nitrogens is 3. The van der Waals surface area contributed by atoms with E-state index in [4.69, 9.17) is 32.7 Å². The van der Waals surface area contributed by atoms with Crippen LogP contribution in [0.3, 0.4) is 0 Å². The highest BCUT2D eigenvalue weighted by Crippen LogP contribution is 2.41. The lowest BCUT2D eigenvalue weighted by Gasteiger charge is -2.26. The summed E-state index contributed by atoms with van der Waals surface area (Å²) in [5, 5.41) is 8.36. The molecule has 40 heavy (non-hydrogen) atoms. The lowest BCUT2D eigenvalue weighted by Crippen LogP contribution is -2.32. The molecule has 0 radical (unpaired) electrons. The molecule has 210 valence electrons. The van der Waals surface area contributed by atoms with Crippen LogP contribution >= 0.6 is 34.5 Å². The SMILES string of the molecule is COc1cc(C)c(Cl)c(NC(=O)c2csc3c(Nc4ccc(COCCN5CCCCC5)cn4)ncnc23)c1Cl. The molecule has 0 bridgehead atoms. The number of nitrogens with zero attached hydrogens (tertiary/aromatic N) is 4. The number of pyridine rings is 1. The summed E-state index contributed by atoms with van der Waals surface area (Å²) in [5.74, 6) is 1.21. The fraction of sp³-hybridized carbons (Fsp3) is 0.357. The highest BCUT2D eigenvalue weighted by molar-refractivity contribution is 7.18. The van der Waals surface area contributed by atoms with Crippen molar-refractivity contribution in [3.63, 3.8) is 0 Å². The number of hydrogen-bond acceptors (Lipinski definition) is 9. The Balaban J connectivity index is 1.24. The average molecular weight is 602 g/mol. The van der Waals surface area contributed by atoms with E-state index in [1.807, 2.05) is 19.1 Å². The van der Waals surface area contributed by atoms with E-state index in [0.717, 1.165) is 22.4 Å². The zero-order valence-corrected chi connectivity index (χ0v) is 24.6. The van der Waals surface area contributed by atoms with Crippen molar-refractivity contribution in [2.24, 2.45) is 0 Å². The summed E-state index contributed by atoms with van der Waals surface area (Å²) >= 11 is 14.2. The molecule has 1 amide bonds. The summed E-state index contributed by atoms with van der Waals surface area (Å²) < 4.78 is 11.9. The Morgan fingerprint density at radius 2 is 1.95 bits per heavy atom. The van der Waals surface area contributed by atoms with Gasteiger partial charge in [0.15, 0.2) is 5.82 Å². The second-order valence-corrected chi connectivity index (χ2v) is 11.2. The largest absolute Gasteiger partial charge is 0.495 e. The van der Waals surface area contributed by atoms with E-state index >= 15 is 0 Å².